The molecule has 1 amide bonds. The molecule has 1 aliphatic heterocycles. The van der Waals surface area contributed by atoms with E-state index in [1.54, 1.807) is 6.20 Å². The van der Waals surface area contributed by atoms with Gasteiger partial charge in [0, 0.05) is 19.0 Å². The number of piperidine rings is 1. The van der Waals surface area contributed by atoms with E-state index in [0.29, 0.717) is 25.6 Å². The van der Waals surface area contributed by atoms with Crippen molar-refractivity contribution in [1.82, 2.24) is 30.9 Å². The SMILES string of the molecule is CN(CC(=O)NCCc1cn[nH]n1)C1CCNCC1. The Balaban J connectivity index is 1.63. The molecule has 0 radical (unpaired) electrons. The van der Waals surface area contributed by atoms with E-state index >= 15 is 0 Å². The summed E-state index contributed by atoms with van der Waals surface area (Å²) in [5.74, 6) is 0.0736. The van der Waals surface area contributed by atoms with Crippen LogP contribution in [-0.2, 0) is 11.2 Å². The quantitative estimate of drug-likeness (QED) is 0.624. The van der Waals surface area contributed by atoms with Crippen LogP contribution >= 0.6 is 0 Å². The van der Waals surface area contributed by atoms with Gasteiger partial charge in [-0.15, -0.1) is 0 Å². The van der Waals surface area contributed by atoms with Crippen LogP contribution in [0.15, 0.2) is 6.20 Å². The summed E-state index contributed by atoms with van der Waals surface area (Å²) in [6.07, 6.45) is 4.61. The smallest absolute Gasteiger partial charge is 0.234 e. The number of aromatic amines is 1. The number of amides is 1. The standard InChI is InChI=1S/C12H22N6O/c1-18(11-3-5-13-6-4-11)9-12(19)14-7-2-10-8-15-17-16-10/h8,11,13H,2-7,9H2,1H3,(H,14,19)(H,15,16,17). The van der Waals surface area contributed by atoms with Crippen molar-refractivity contribution in [2.24, 2.45) is 0 Å². The van der Waals surface area contributed by atoms with Crippen LogP contribution in [0.4, 0.5) is 0 Å². The number of nitrogens with one attached hydrogen (secondary N) is 3. The first-order chi connectivity index (χ1) is 9.25. The maximum atomic E-state index is 11.8. The van der Waals surface area contributed by atoms with Crippen LogP contribution < -0.4 is 10.6 Å². The predicted molar refractivity (Wildman–Crippen MR) is 71.6 cm³/mol. The minimum Gasteiger partial charge on any atom is -0.355 e. The number of hydrogen-bond acceptors (Lipinski definition) is 5. The van der Waals surface area contributed by atoms with E-state index in [1.165, 1.54) is 0 Å². The molecule has 0 atom stereocenters. The molecule has 0 bridgehead atoms. The Kier molecular flexibility index (Phi) is 5.29. The van der Waals surface area contributed by atoms with Gasteiger partial charge in [0.1, 0.15) is 0 Å². The Labute approximate surface area is 113 Å². The van der Waals surface area contributed by atoms with Crippen LogP contribution in [0.25, 0.3) is 0 Å². The van der Waals surface area contributed by atoms with Gasteiger partial charge in [-0.1, -0.05) is 0 Å². The molecule has 7 nitrogen and oxygen atoms in total. The first-order valence-electron chi connectivity index (χ1n) is 6.78. The lowest BCUT2D eigenvalue weighted by atomic mass is 10.1. The van der Waals surface area contributed by atoms with E-state index in [9.17, 15) is 4.79 Å². The number of likely N-dealkylation sites (N-methyl/N-ethyl adjacent to an activating group) is 1. The molecule has 1 aromatic heterocycles. The van der Waals surface area contributed by atoms with Gasteiger partial charge in [0.15, 0.2) is 0 Å². The molecule has 1 fully saturated rings. The first-order valence-corrected chi connectivity index (χ1v) is 6.78. The van der Waals surface area contributed by atoms with Crippen molar-refractivity contribution < 1.29 is 4.79 Å². The summed E-state index contributed by atoms with van der Waals surface area (Å²) in [4.78, 5) is 14.0. The van der Waals surface area contributed by atoms with Crippen molar-refractivity contribution in [3.63, 3.8) is 0 Å². The molecule has 1 aliphatic rings. The Morgan fingerprint density at radius 2 is 2.32 bits per heavy atom. The van der Waals surface area contributed by atoms with Crippen LogP contribution in [0, 0.1) is 0 Å². The van der Waals surface area contributed by atoms with Crippen molar-refractivity contribution in [3.8, 4) is 0 Å². The normalized spacial score (nSPS) is 16.7. The molecule has 0 aliphatic carbocycles. The molecule has 0 spiro atoms. The van der Waals surface area contributed by atoms with Gasteiger partial charge < -0.3 is 10.6 Å². The minimum atomic E-state index is 0.0736. The van der Waals surface area contributed by atoms with E-state index in [4.69, 9.17) is 0 Å². The molecule has 19 heavy (non-hydrogen) atoms. The number of rotatable bonds is 6. The molecule has 0 unspecified atom stereocenters. The number of H-pyrrole nitrogens is 1. The zero-order chi connectivity index (χ0) is 13.5. The van der Waals surface area contributed by atoms with Gasteiger partial charge >= 0.3 is 0 Å². The van der Waals surface area contributed by atoms with Gasteiger partial charge in [-0.3, -0.25) is 9.69 Å². The summed E-state index contributed by atoms with van der Waals surface area (Å²) in [5.41, 5.74) is 0.868. The molecule has 1 aromatic rings. The van der Waals surface area contributed by atoms with Gasteiger partial charge in [0.25, 0.3) is 0 Å². The molecule has 1 saturated heterocycles. The van der Waals surface area contributed by atoms with Gasteiger partial charge in [-0.2, -0.15) is 15.4 Å². The second kappa shape index (κ2) is 7.20. The van der Waals surface area contributed by atoms with Crippen molar-refractivity contribution in [2.45, 2.75) is 25.3 Å². The predicted octanol–water partition coefficient (Wildman–Crippen LogP) is -0.853. The summed E-state index contributed by atoms with van der Waals surface area (Å²) in [5, 5.41) is 16.5. The lowest BCUT2D eigenvalue weighted by molar-refractivity contribution is -0.122. The van der Waals surface area contributed by atoms with Crippen molar-refractivity contribution in [1.29, 1.82) is 0 Å². The summed E-state index contributed by atoms with van der Waals surface area (Å²) in [6, 6.07) is 0.516. The van der Waals surface area contributed by atoms with Crippen LogP contribution in [-0.4, -0.2) is 65.5 Å². The maximum absolute atomic E-state index is 11.8. The zero-order valence-corrected chi connectivity index (χ0v) is 11.4. The highest BCUT2D eigenvalue weighted by molar-refractivity contribution is 5.78. The van der Waals surface area contributed by atoms with E-state index in [2.05, 4.69) is 30.9 Å². The van der Waals surface area contributed by atoms with Crippen LogP contribution in [0.3, 0.4) is 0 Å². The van der Waals surface area contributed by atoms with Crippen LogP contribution in [0.2, 0.25) is 0 Å². The average Bonchev–Trinajstić information content (AvgIpc) is 2.93. The Hall–Kier alpha value is -1.47. The van der Waals surface area contributed by atoms with E-state index in [1.807, 2.05) is 7.05 Å². The average molecular weight is 266 g/mol. The highest BCUT2D eigenvalue weighted by atomic mass is 16.2. The van der Waals surface area contributed by atoms with Crippen molar-refractivity contribution in [3.05, 3.63) is 11.9 Å². The third kappa shape index (κ3) is 4.60. The molecule has 7 heteroatoms. The van der Waals surface area contributed by atoms with Crippen LogP contribution in [0.1, 0.15) is 18.5 Å². The third-order valence-corrected chi connectivity index (χ3v) is 3.49. The summed E-state index contributed by atoms with van der Waals surface area (Å²) in [7, 11) is 2.02. The third-order valence-electron chi connectivity index (χ3n) is 3.49. The maximum Gasteiger partial charge on any atom is 0.234 e. The number of aromatic nitrogens is 3. The Morgan fingerprint density at radius 3 is 3.00 bits per heavy atom. The van der Waals surface area contributed by atoms with Crippen molar-refractivity contribution in [2.75, 3.05) is 33.2 Å². The van der Waals surface area contributed by atoms with E-state index in [-0.39, 0.29) is 5.91 Å². The molecular formula is C12H22N6O. The largest absolute Gasteiger partial charge is 0.355 e. The van der Waals surface area contributed by atoms with Crippen LogP contribution in [0.5, 0.6) is 0 Å². The van der Waals surface area contributed by atoms with Gasteiger partial charge in [0.2, 0.25) is 5.91 Å². The second-order valence-corrected chi connectivity index (χ2v) is 4.96. The number of carbonyl (C=O) groups is 1. The minimum absolute atomic E-state index is 0.0736. The number of hydrogen-bond donors (Lipinski definition) is 3. The van der Waals surface area contributed by atoms with Gasteiger partial charge in [-0.05, 0) is 33.0 Å². The summed E-state index contributed by atoms with van der Waals surface area (Å²) < 4.78 is 0. The Morgan fingerprint density at radius 1 is 1.53 bits per heavy atom. The molecular weight excluding hydrogens is 244 g/mol. The molecule has 106 valence electrons. The lowest BCUT2D eigenvalue weighted by Gasteiger charge is -2.31. The van der Waals surface area contributed by atoms with E-state index in [0.717, 1.165) is 31.6 Å². The van der Waals surface area contributed by atoms with Gasteiger partial charge in [-0.25, -0.2) is 0 Å². The van der Waals surface area contributed by atoms with Crippen molar-refractivity contribution >= 4 is 5.91 Å². The second-order valence-electron chi connectivity index (χ2n) is 4.96. The molecule has 3 N–H and O–H groups in total. The lowest BCUT2D eigenvalue weighted by Crippen LogP contribution is -2.45. The monoisotopic (exact) mass is 266 g/mol. The molecule has 2 rings (SSSR count). The highest BCUT2D eigenvalue weighted by Gasteiger charge is 2.19. The first kappa shape index (κ1) is 14.0. The van der Waals surface area contributed by atoms with Gasteiger partial charge in [0.05, 0.1) is 18.4 Å². The fraction of sp³-hybridized carbons (Fsp3) is 0.750. The summed E-state index contributed by atoms with van der Waals surface area (Å²) in [6.45, 7) is 3.15. The number of carbonyl (C=O) groups excluding carboxylic acids is 1. The fourth-order valence-electron chi connectivity index (χ4n) is 2.33. The zero-order valence-electron chi connectivity index (χ0n) is 11.4. The topological polar surface area (TPSA) is 85.9 Å². The fourth-order valence-corrected chi connectivity index (χ4v) is 2.33. The van der Waals surface area contributed by atoms with E-state index < -0.39 is 0 Å². The summed E-state index contributed by atoms with van der Waals surface area (Å²) >= 11 is 0. The number of nitrogens with zero attached hydrogens (tertiary/aromatic N) is 3. The molecule has 0 aromatic carbocycles. The molecule has 2 heterocycles. The highest BCUT2D eigenvalue weighted by Crippen LogP contribution is 2.08. The Bertz CT molecular complexity index is 374. The molecule has 0 saturated carbocycles.